The molecule has 3 heteroatoms. The molecule has 1 aromatic carbocycles. The third kappa shape index (κ3) is 3.79. The van der Waals surface area contributed by atoms with Crippen LogP contribution in [0.1, 0.15) is 55.3 Å². The van der Waals surface area contributed by atoms with E-state index in [1.807, 2.05) is 19.9 Å². The Bertz CT molecular complexity index is 340. The molecule has 2 nitrogen and oxygen atoms in total. The van der Waals surface area contributed by atoms with Crippen LogP contribution in [0.4, 0.5) is 4.39 Å². The lowest BCUT2D eigenvalue weighted by atomic mass is 9.95. The summed E-state index contributed by atoms with van der Waals surface area (Å²) in [6.07, 6.45) is 4.26. The minimum atomic E-state index is -0.151. The molecule has 0 saturated heterocycles. The molecule has 0 fully saturated rings. The second-order valence-corrected chi connectivity index (χ2v) is 4.69. The number of nitrogens with one attached hydrogen (secondary N) is 1. The van der Waals surface area contributed by atoms with Crippen molar-refractivity contribution in [3.05, 3.63) is 34.6 Å². The van der Waals surface area contributed by atoms with Crippen LogP contribution in [0.15, 0.2) is 12.1 Å². The predicted octanol–water partition coefficient (Wildman–Crippen LogP) is 3.53. The summed E-state index contributed by atoms with van der Waals surface area (Å²) in [5, 5.41) is 0. The topological polar surface area (TPSA) is 38.0 Å². The van der Waals surface area contributed by atoms with Gasteiger partial charge in [0.15, 0.2) is 0 Å². The molecule has 0 saturated carbocycles. The molecular formula is C14H23FN2. The summed E-state index contributed by atoms with van der Waals surface area (Å²) in [6.45, 7) is 6.00. The molecule has 0 aromatic heterocycles. The lowest BCUT2D eigenvalue weighted by Crippen LogP contribution is -2.29. The molecule has 0 bridgehead atoms. The van der Waals surface area contributed by atoms with E-state index in [-0.39, 0.29) is 11.9 Å². The Morgan fingerprint density at radius 1 is 1.29 bits per heavy atom. The Hall–Kier alpha value is -0.930. The van der Waals surface area contributed by atoms with E-state index in [1.165, 1.54) is 0 Å². The van der Waals surface area contributed by atoms with Gasteiger partial charge in [0, 0.05) is 11.6 Å². The van der Waals surface area contributed by atoms with Gasteiger partial charge in [-0.1, -0.05) is 32.3 Å². The van der Waals surface area contributed by atoms with E-state index in [4.69, 9.17) is 5.84 Å². The number of nitrogens with two attached hydrogens (primary N) is 1. The number of benzene rings is 1. The first-order valence-corrected chi connectivity index (χ1v) is 6.33. The van der Waals surface area contributed by atoms with Crippen LogP contribution in [0.25, 0.3) is 0 Å². The highest BCUT2D eigenvalue weighted by molar-refractivity contribution is 5.34. The van der Waals surface area contributed by atoms with Gasteiger partial charge in [0.1, 0.15) is 5.82 Å². The zero-order valence-electron chi connectivity index (χ0n) is 11.0. The zero-order valence-corrected chi connectivity index (χ0v) is 11.0. The van der Waals surface area contributed by atoms with Crippen molar-refractivity contribution in [2.75, 3.05) is 0 Å². The van der Waals surface area contributed by atoms with Crippen molar-refractivity contribution >= 4 is 0 Å². The number of rotatable bonds is 6. The SMILES string of the molecule is CCCCCC(NN)c1c(C)cc(C)cc1F. The minimum Gasteiger partial charge on any atom is -0.271 e. The maximum absolute atomic E-state index is 14.0. The van der Waals surface area contributed by atoms with Crippen LogP contribution in [0, 0.1) is 19.7 Å². The van der Waals surface area contributed by atoms with Crippen molar-refractivity contribution in [3.8, 4) is 0 Å². The van der Waals surface area contributed by atoms with Crippen molar-refractivity contribution in [2.24, 2.45) is 5.84 Å². The molecule has 0 aliphatic rings. The summed E-state index contributed by atoms with van der Waals surface area (Å²) < 4.78 is 14.0. The fraction of sp³-hybridized carbons (Fsp3) is 0.571. The smallest absolute Gasteiger partial charge is 0.128 e. The molecule has 0 amide bonds. The molecule has 96 valence electrons. The minimum absolute atomic E-state index is 0.0813. The third-order valence-electron chi connectivity index (χ3n) is 3.13. The van der Waals surface area contributed by atoms with Crippen molar-refractivity contribution in [1.82, 2.24) is 5.43 Å². The van der Waals surface area contributed by atoms with Gasteiger partial charge in [-0.05, 0) is 37.5 Å². The van der Waals surface area contributed by atoms with Crippen LogP contribution < -0.4 is 11.3 Å². The number of halogens is 1. The standard InChI is InChI=1S/C14H23FN2/c1-4-5-6-7-13(17-16)14-11(3)8-10(2)9-12(14)15/h8-9,13,17H,4-7,16H2,1-3H3. The molecule has 0 aliphatic heterocycles. The van der Waals surface area contributed by atoms with Gasteiger partial charge in [0.2, 0.25) is 0 Å². The van der Waals surface area contributed by atoms with Crippen molar-refractivity contribution in [2.45, 2.75) is 52.5 Å². The second kappa shape index (κ2) is 6.72. The zero-order chi connectivity index (χ0) is 12.8. The van der Waals surface area contributed by atoms with Crippen LogP contribution >= 0.6 is 0 Å². The molecule has 3 N–H and O–H groups in total. The molecule has 1 atom stereocenters. The molecule has 0 aliphatic carbocycles. The highest BCUT2D eigenvalue weighted by Gasteiger charge is 2.16. The van der Waals surface area contributed by atoms with Gasteiger partial charge >= 0.3 is 0 Å². The number of unbranched alkanes of at least 4 members (excludes halogenated alkanes) is 2. The van der Waals surface area contributed by atoms with Gasteiger partial charge in [-0.2, -0.15) is 0 Å². The fourth-order valence-electron chi connectivity index (χ4n) is 2.28. The second-order valence-electron chi connectivity index (χ2n) is 4.69. The molecule has 0 radical (unpaired) electrons. The van der Waals surface area contributed by atoms with E-state index >= 15 is 0 Å². The van der Waals surface area contributed by atoms with Gasteiger partial charge in [0.05, 0.1) is 0 Å². The summed E-state index contributed by atoms with van der Waals surface area (Å²) >= 11 is 0. The molecule has 0 heterocycles. The Balaban J connectivity index is 2.87. The van der Waals surface area contributed by atoms with E-state index in [0.29, 0.717) is 5.56 Å². The first-order chi connectivity index (χ1) is 8.10. The van der Waals surface area contributed by atoms with E-state index in [2.05, 4.69) is 12.3 Å². The molecule has 1 unspecified atom stereocenters. The number of aryl methyl sites for hydroxylation is 2. The first-order valence-electron chi connectivity index (χ1n) is 6.33. The number of hydrogen-bond donors (Lipinski definition) is 2. The lowest BCUT2D eigenvalue weighted by Gasteiger charge is -2.19. The predicted molar refractivity (Wildman–Crippen MR) is 70.1 cm³/mol. The van der Waals surface area contributed by atoms with E-state index < -0.39 is 0 Å². The number of hydrogen-bond acceptors (Lipinski definition) is 2. The Kier molecular flexibility index (Phi) is 5.59. The lowest BCUT2D eigenvalue weighted by molar-refractivity contribution is 0.461. The summed E-state index contributed by atoms with van der Waals surface area (Å²) in [7, 11) is 0. The van der Waals surface area contributed by atoms with E-state index in [9.17, 15) is 4.39 Å². The summed E-state index contributed by atoms with van der Waals surface area (Å²) in [5.41, 5.74) is 5.38. The summed E-state index contributed by atoms with van der Waals surface area (Å²) in [4.78, 5) is 0. The average molecular weight is 238 g/mol. The van der Waals surface area contributed by atoms with Crippen LogP contribution in [0.5, 0.6) is 0 Å². The average Bonchev–Trinajstić information content (AvgIpc) is 2.25. The molecule has 1 rings (SSSR count). The summed E-state index contributed by atoms with van der Waals surface area (Å²) in [5.74, 6) is 5.40. The first kappa shape index (κ1) is 14.1. The van der Waals surface area contributed by atoms with Crippen LogP contribution in [0.3, 0.4) is 0 Å². The highest BCUT2D eigenvalue weighted by atomic mass is 19.1. The highest BCUT2D eigenvalue weighted by Crippen LogP contribution is 2.26. The van der Waals surface area contributed by atoms with Gasteiger partial charge in [-0.3, -0.25) is 11.3 Å². The quantitative estimate of drug-likeness (QED) is 0.452. The van der Waals surface area contributed by atoms with Gasteiger partial charge in [-0.25, -0.2) is 4.39 Å². The molecule has 0 spiro atoms. The Labute approximate surface area is 103 Å². The molecular weight excluding hydrogens is 215 g/mol. The fourth-order valence-corrected chi connectivity index (χ4v) is 2.28. The Morgan fingerprint density at radius 3 is 2.53 bits per heavy atom. The monoisotopic (exact) mass is 238 g/mol. The van der Waals surface area contributed by atoms with E-state index in [1.54, 1.807) is 6.07 Å². The maximum atomic E-state index is 14.0. The molecule has 17 heavy (non-hydrogen) atoms. The maximum Gasteiger partial charge on any atom is 0.128 e. The van der Waals surface area contributed by atoms with Gasteiger partial charge in [-0.15, -0.1) is 0 Å². The Morgan fingerprint density at radius 2 is 2.00 bits per heavy atom. The normalized spacial score (nSPS) is 12.8. The van der Waals surface area contributed by atoms with Crippen molar-refractivity contribution < 1.29 is 4.39 Å². The molecule has 1 aromatic rings. The van der Waals surface area contributed by atoms with Crippen LogP contribution in [-0.4, -0.2) is 0 Å². The number of hydrazine groups is 1. The van der Waals surface area contributed by atoms with E-state index in [0.717, 1.165) is 36.8 Å². The largest absolute Gasteiger partial charge is 0.271 e. The van der Waals surface area contributed by atoms with Gasteiger partial charge < -0.3 is 0 Å². The van der Waals surface area contributed by atoms with Crippen molar-refractivity contribution in [3.63, 3.8) is 0 Å². The third-order valence-corrected chi connectivity index (χ3v) is 3.13. The van der Waals surface area contributed by atoms with Crippen LogP contribution in [-0.2, 0) is 0 Å². The van der Waals surface area contributed by atoms with Crippen LogP contribution in [0.2, 0.25) is 0 Å². The van der Waals surface area contributed by atoms with Crippen molar-refractivity contribution in [1.29, 1.82) is 0 Å². The van der Waals surface area contributed by atoms with Gasteiger partial charge in [0.25, 0.3) is 0 Å². The summed E-state index contributed by atoms with van der Waals surface area (Å²) in [6, 6.07) is 3.50.